The maximum absolute atomic E-state index is 12.9. The highest BCUT2D eigenvalue weighted by molar-refractivity contribution is 7.09. The molecule has 15 heavy (non-hydrogen) atoms. The fourth-order valence-electron chi connectivity index (χ4n) is 1.08. The topological polar surface area (TPSA) is 37.8 Å². The molecule has 1 aromatic heterocycles. The lowest BCUT2D eigenvalue weighted by Crippen LogP contribution is -1.87. The van der Waals surface area contributed by atoms with Crippen molar-refractivity contribution in [2.75, 3.05) is 12.4 Å². The van der Waals surface area contributed by atoms with Crippen LogP contribution in [0.25, 0.3) is 11.4 Å². The molecule has 0 bridgehead atoms. The molecular formula is C9H7ClFN3S. The summed E-state index contributed by atoms with van der Waals surface area (Å²) in [6.07, 6.45) is 0. The summed E-state index contributed by atoms with van der Waals surface area (Å²) in [6, 6.07) is 4.42. The average molecular weight is 244 g/mol. The van der Waals surface area contributed by atoms with Gasteiger partial charge in [0.2, 0.25) is 5.13 Å². The van der Waals surface area contributed by atoms with Crippen molar-refractivity contribution in [1.29, 1.82) is 0 Å². The molecule has 1 N–H and O–H groups in total. The Morgan fingerprint density at radius 3 is 2.87 bits per heavy atom. The third-order valence-electron chi connectivity index (χ3n) is 1.82. The second kappa shape index (κ2) is 4.12. The van der Waals surface area contributed by atoms with E-state index < -0.39 is 5.82 Å². The van der Waals surface area contributed by atoms with Gasteiger partial charge in [-0.1, -0.05) is 11.6 Å². The summed E-state index contributed by atoms with van der Waals surface area (Å²) in [7, 11) is 1.77. The molecular weight excluding hydrogens is 237 g/mol. The minimum atomic E-state index is -0.440. The van der Waals surface area contributed by atoms with E-state index in [1.54, 1.807) is 13.1 Å². The zero-order valence-electron chi connectivity index (χ0n) is 7.79. The van der Waals surface area contributed by atoms with Gasteiger partial charge in [0.05, 0.1) is 5.02 Å². The molecule has 0 aliphatic carbocycles. The van der Waals surface area contributed by atoms with Crippen LogP contribution in [-0.4, -0.2) is 16.4 Å². The zero-order chi connectivity index (χ0) is 10.8. The van der Waals surface area contributed by atoms with Gasteiger partial charge in [-0.2, -0.15) is 9.36 Å². The van der Waals surface area contributed by atoms with Gasteiger partial charge in [0.15, 0.2) is 5.82 Å². The van der Waals surface area contributed by atoms with Gasteiger partial charge in [-0.15, -0.1) is 0 Å². The van der Waals surface area contributed by atoms with Gasteiger partial charge in [0.1, 0.15) is 5.82 Å². The van der Waals surface area contributed by atoms with Gasteiger partial charge in [0, 0.05) is 24.1 Å². The maximum Gasteiger partial charge on any atom is 0.202 e. The van der Waals surface area contributed by atoms with Crippen molar-refractivity contribution in [3.05, 3.63) is 29.0 Å². The smallest absolute Gasteiger partial charge is 0.202 e. The molecule has 0 spiro atoms. The van der Waals surface area contributed by atoms with Gasteiger partial charge in [0.25, 0.3) is 0 Å². The molecule has 0 amide bonds. The fourth-order valence-corrected chi connectivity index (χ4v) is 1.80. The summed E-state index contributed by atoms with van der Waals surface area (Å²) in [5.74, 6) is 0.107. The Bertz CT molecular complexity index is 486. The van der Waals surface area contributed by atoms with E-state index in [0.717, 1.165) is 0 Å². The Kier molecular flexibility index (Phi) is 2.83. The summed E-state index contributed by atoms with van der Waals surface area (Å²) in [4.78, 5) is 4.18. The number of hydrogen-bond donors (Lipinski definition) is 1. The van der Waals surface area contributed by atoms with Gasteiger partial charge in [-0.05, 0) is 18.2 Å². The van der Waals surface area contributed by atoms with Gasteiger partial charge >= 0.3 is 0 Å². The van der Waals surface area contributed by atoms with Crippen molar-refractivity contribution < 1.29 is 4.39 Å². The molecule has 0 atom stereocenters. The largest absolute Gasteiger partial charge is 0.363 e. The number of benzene rings is 1. The predicted molar refractivity (Wildman–Crippen MR) is 59.9 cm³/mol. The van der Waals surface area contributed by atoms with E-state index >= 15 is 0 Å². The lowest BCUT2D eigenvalue weighted by atomic mass is 10.2. The summed E-state index contributed by atoms with van der Waals surface area (Å²) >= 11 is 6.91. The van der Waals surface area contributed by atoms with Crippen LogP contribution in [0.1, 0.15) is 0 Å². The molecule has 0 aliphatic heterocycles. The van der Waals surface area contributed by atoms with Crippen LogP contribution in [-0.2, 0) is 0 Å². The lowest BCUT2D eigenvalue weighted by Gasteiger charge is -1.97. The van der Waals surface area contributed by atoms with Gasteiger partial charge in [-0.3, -0.25) is 0 Å². The normalized spacial score (nSPS) is 10.3. The maximum atomic E-state index is 12.9. The Labute approximate surface area is 95.1 Å². The van der Waals surface area contributed by atoms with E-state index in [1.165, 1.54) is 23.7 Å². The molecule has 0 saturated heterocycles. The van der Waals surface area contributed by atoms with Crippen LogP contribution < -0.4 is 5.32 Å². The van der Waals surface area contributed by atoms with Crippen molar-refractivity contribution in [2.45, 2.75) is 0 Å². The minimum Gasteiger partial charge on any atom is -0.363 e. The molecule has 78 valence electrons. The molecule has 0 saturated carbocycles. The SMILES string of the molecule is CNc1nc(-c2ccc(F)c(Cl)c2)ns1. The van der Waals surface area contributed by atoms with Crippen molar-refractivity contribution in [1.82, 2.24) is 9.36 Å². The number of hydrogen-bond acceptors (Lipinski definition) is 4. The van der Waals surface area contributed by atoms with Crippen LogP contribution in [0.2, 0.25) is 5.02 Å². The van der Waals surface area contributed by atoms with Gasteiger partial charge < -0.3 is 5.32 Å². The monoisotopic (exact) mass is 243 g/mol. The van der Waals surface area contributed by atoms with E-state index in [9.17, 15) is 4.39 Å². The first-order valence-corrected chi connectivity index (χ1v) is 5.32. The standard InChI is InChI=1S/C9H7ClFN3S/c1-12-9-13-8(14-15-9)5-2-3-7(11)6(10)4-5/h2-4H,1H3,(H,12,13,14). The molecule has 0 fully saturated rings. The number of nitrogens with one attached hydrogen (secondary N) is 1. The van der Waals surface area contributed by atoms with E-state index in [4.69, 9.17) is 11.6 Å². The van der Waals surface area contributed by atoms with Crippen LogP contribution in [0.15, 0.2) is 18.2 Å². The Morgan fingerprint density at radius 2 is 2.27 bits per heavy atom. The molecule has 2 aromatic rings. The summed E-state index contributed by atoms with van der Waals surface area (Å²) in [5.41, 5.74) is 0.708. The van der Waals surface area contributed by atoms with E-state index in [1.807, 2.05) is 0 Å². The number of anilines is 1. The Morgan fingerprint density at radius 1 is 1.47 bits per heavy atom. The number of aromatic nitrogens is 2. The average Bonchev–Trinajstić information content (AvgIpc) is 2.70. The number of nitrogens with zero attached hydrogens (tertiary/aromatic N) is 2. The summed E-state index contributed by atoms with van der Waals surface area (Å²) in [6.45, 7) is 0. The van der Waals surface area contributed by atoms with Crippen LogP contribution in [0.5, 0.6) is 0 Å². The van der Waals surface area contributed by atoms with Crippen molar-refractivity contribution in [2.24, 2.45) is 0 Å². The first kappa shape index (κ1) is 10.3. The number of rotatable bonds is 2. The molecule has 2 rings (SSSR count). The van der Waals surface area contributed by atoms with Crippen molar-refractivity contribution in [3.63, 3.8) is 0 Å². The van der Waals surface area contributed by atoms with Crippen molar-refractivity contribution in [3.8, 4) is 11.4 Å². The van der Waals surface area contributed by atoms with E-state index in [0.29, 0.717) is 16.5 Å². The Balaban J connectivity index is 2.40. The first-order chi connectivity index (χ1) is 7.20. The van der Waals surface area contributed by atoms with Crippen LogP contribution in [0.3, 0.4) is 0 Å². The van der Waals surface area contributed by atoms with Crippen LogP contribution >= 0.6 is 23.1 Å². The molecule has 0 aliphatic rings. The summed E-state index contributed by atoms with van der Waals surface area (Å²) in [5, 5.41) is 3.67. The highest BCUT2D eigenvalue weighted by atomic mass is 35.5. The molecule has 0 unspecified atom stereocenters. The molecule has 1 heterocycles. The third kappa shape index (κ3) is 2.08. The second-order valence-corrected chi connectivity index (χ2v) is 3.96. The third-order valence-corrected chi connectivity index (χ3v) is 2.84. The Hall–Kier alpha value is -1.20. The second-order valence-electron chi connectivity index (χ2n) is 2.80. The van der Waals surface area contributed by atoms with Crippen molar-refractivity contribution >= 4 is 28.3 Å². The minimum absolute atomic E-state index is 0.0771. The highest BCUT2D eigenvalue weighted by Crippen LogP contribution is 2.24. The fraction of sp³-hybridized carbons (Fsp3) is 0.111. The predicted octanol–water partition coefficient (Wildman–Crippen LogP) is 3.04. The summed E-state index contributed by atoms with van der Waals surface area (Å²) < 4.78 is 17.0. The molecule has 6 heteroatoms. The van der Waals surface area contributed by atoms with E-state index in [-0.39, 0.29) is 5.02 Å². The molecule has 0 radical (unpaired) electrons. The lowest BCUT2D eigenvalue weighted by molar-refractivity contribution is 0.628. The highest BCUT2D eigenvalue weighted by Gasteiger charge is 2.07. The van der Waals surface area contributed by atoms with Crippen LogP contribution in [0, 0.1) is 5.82 Å². The molecule has 3 nitrogen and oxygen atoms in total. The van der Waals surface area contributed by atoms with E-state index in [2.05, 4.69) is 14.7 Å². The first-order valence-electron chi connectivity index (χ1n) is 4.17. The zero-order valence-corrected chi connectivity index (χ0v) is 9.36. The quantitative estimate of drug-likeness (QED) is 0.881. The van der Waals surface area contributed by atoms with Gasteiger partial charge in [-0.25, -0.2) is 4.39 Å². The van der Waals surface area contributed by atoms with Crippen LogP contribution in [0.4, 0.5) is 9.52 Å². The molecule has 1 aromatic carbocycles. The number of halogens is 2.